The lowest BCUT2D eigenvalue weighted by Crippen LogP contribution is -2.03. The highest BCUT2D eigenvalue weighted by Gasteiger charge is 2.19. The fraction of sp³-hybridized carbons (Fsp3) is 0.414. The van der Waals surface area contributed by atoms with Crippen LogP contribution in [0.15, 0.2) is 42.6 Å². The van der Waals surface area contributed by atoms with Crippen molar-refractivity contribution >= 4 is 9.84 Å². The molecule has 35 heavy (non-hydrogen) atoms. The van der Waals surface area contributed by atoms with E-state index in [1.165, 1.54) is 29.0 Å². The van der Waals surface area contributed by atoms with E-state index in [0.717, 1.165) is 47.9 Å². The molecule has 0 amide bonds. The summed E-state index contributed by atoms with van der Waals surface area (Å²) < 4.78 is 43.2. The summed E-state index contributed by atoms with van der Waals surface area (Å²) in [6.07, 6.45) is 7.59. The van der Waals surface area contributed by atoms with Crippen LogP contribution in [-0.2, 0) is 35.7 Å². The summed E-state index contributed by atoms with van der Waals surface area (Å²) in [5.74, 6) is 1.10. The molecule has 1 atom stereocenters. The Labute approximate surface area is 208 Å². The van der Waals surface area contributed by atoms with Crippen molar-refractivity contribution in [1.29, 1.82) is 0 Å². The molecule has 3 aromatic rings. The molecule has 4 nitrogen and oxygen atoms in total. The molecule has 0 saturated heterocycles. The first-order chi connectivity index (χ1) is 16.6. The van der Waals surface area contributed by atoms with Gasteiger partial charge in [0.2, 0.25) is 5.88 Å². The van der Waals surface area contributed by atoms with Gasteiger partial charge < -0.3 is 4.74 Å². The summed E-state index contributed by atoms with van der Waals surface area (Å²) in [5, 5.41) is 0. The molecule has 2 aromatic carbocycles. The standard InChI is InChI=1S/C29H34FNO3S/c1-19-11-24-16-28(31-17-25(24)12-19)34-18-26-15-23(8-9-27(26)30)29-20(2)13-22(14-21(29)3)7-5-6-10-35(4,32)33/h8-9,13-17,19H,5-7,10-12,18H2,1-4H3. The number of rotatable bonds is 9. The molecule has 1 aromatic heterocycles. The SMILES string of the molecule is Cc1cc(CCCCS(C)(=O)=O)cc(C)c1-c1ccc(F)c(COc2cc3c(cn2)CC(C)C3)c1. The number of aromatic nitrogens is 1. The van der Waals surface area contributed by atoms with Gasteiger partial charge in [-0.15, -0.1) is 0 Å². The van der Waals surface area contributed by atoms with E-state index < -0.39 is 9.84 Å². The van der Waals surface area contributed by atoms with Gasteiger partial charge in [0.25, 0.3) is 0 Å². The van der Waals surface area contributed by atoms with Crippen LogP contribution in [0.1, 0.15) is 53.1 Å². The number of ether oxygens (including phenoxy) is 1. The van der Waals surface area contributed by atoms with E-state index in [9.17, 15) is 12.8 Å². The fourth-order valence-corrected chi connectivity index (χ4v) is 5.85. The molecule has 4 rings (SSSR count). The summed E-state index contributed by atoms with van der Waals surface area (Å²) in [7, 11) is -2.92. The highest BCUT2D eigenvalue weighted by Crippen LogP contribution is 2.31. The number of hydrogen-bond donors (Lipinski definition) is 0. The molecule has 0 radical (unpaired) electrons. The molecule has 0 fully saturated rings. The predicted octanol–water partition coefficient (Wildman–Crippen LogP) is 6.19. The van der Waals surface area contributed by atoms with Crippen molar-refractivity contribution in [3.8, 4) is 17.0 Å². The second kappa shape index (κ2) is 10.5. The van der Waals surface area contributed by atoms with E-state index in [-0.39, 0.29) is 18.2 Å². The third-order valence-electron chi connectivity index (χ3n) is 6.73. The predicted molar refractivity (Wildman–Crippen MR) is 139 cm³/mol. The molecule has 0 aliphatic heterocycles. The number of fused-ring (bicyclic) bond motifs is 1. The first-order valence-electron chi connectivity index (χ1n) is 12.3. The van der Waals surface area contributed by atoms with Gasteiger partial charge in [-0.05, 0) is 103 Å². The Morgan fingerprint density at radius 3 is 2.46 bits per heavy atom. The van der Waals surface area contributed by atoms with Crippen LogP contribution in [0.5, 0.6) is 5.88 Å². The smallest absolute Gasteiger partial charge is 0.213 e. The minimum absolute atomic E-state index is 0.123. The first kappa shape index (κ1) is 25.4. The fourth-order valence-electron chi connectivity index (χ4n) is 5.12. The molecule has 0 N–H and O–H groups in total. The molecule has 1 heterocycles. The van der Waals surface area contributed by atoms with Gasteiger partial charge in [-0.3, -0.25) is 0 Å². The maximum Gasteiger partial charge on any atom is 0.213 e. The molecular weight excluding hydrogens is 461 g/mol. The lowest BCUT2D eigenvalue weighted by molar-refractivity contribution is 0.288. The van der Waals surface area contributed by atoms with E-state index in [4.69, 9.17) is 4.74 Å². The largest absolute Gasteiger partial charge is 0.473 e. The Morgan fingerprint density at radius 1 is 1.03 bits per heavy atom. The molecular formula is C29H34FNO3S. The third-order valence-corrected chi connectivity index (χ3v) is 7.76. The Balaban J connectivity index is 1.47. The van der Waals surface area contributed by atoms with Crippen molar-refractivity contribution in [3.63, 3.8) is 0 Å². The number of unbranched alkanes of at least 4 members (excludes halogenated alkanes) is 1. The van der Waals surface area contributed by atoms with Gasteiger partial charge >= 0.3 is 0 Å². The maximum atomic E-state index is 14.6. The Bertz CT molecular complexity index is 1310. The summed E-state index contributed by atoms with van der Waals surface area (Å²) in [4.78, 5) is 4.41. The van der Waals surface area contributed by atoms with Crippen LogP contribution in [0, 0.1) is 25.6 Å². The van der Waals surface area contributed by atoms with Crippen molar-refractivity contribution in [2.75, 3.05) is 12.0 Å². The zero-order valence-corrected chi connectivity index (χ0v) is 21.8. The Hall–Kier alpha value is -2.73. The van der Waals surface area contributed by atoms with E-state index in [0.29, 0.717) is 23.8 Å². The normalized spacial score (nSPS) is 15.3. The monoisotopic (exact) mass is 495 g/mol. The van der Waals surface area contributed by atoms with Crippen molar-refractivity contribution < 1.29 is 17.5 Å². The summed E-state index contributed by atoms with van der Waals surface area (Å²) in [6.45, 7) is 6.49. The lowest BCUT2D eigenvalue weighted by Gasteiger charge is -2.15. The molecule has 0 spiro atoms. The highest BCUT2D eigenvalue weighted by atomic mass is 32.2. The van der Waals surface area contributed by atoms with Gasteiger partial charge in [-0.2, -0.15) is 0 Å². The maximum absolute atomic E-state index is 14.6. The van der Waals surface area contributed by atoms with Gasteiger partial charge in [0.1, 0.15) is 22.3 Å². The van der Waals surface area contributed by atoms with Gasteiger partial charge in [0.05, 0.1) is 0 Å². The summed E-state index contributed by atoms with van der Waals surface area (Å²) >= 11 is 0. The molecule has 1 aliphatic rings. The number of aryl methyl sites for hydroxylation is 3. The van der Waals surface area contributed by atoms with Crippen LogP contribution < -0.4 is 4.74 Å². The minimum Gasteiger partial charge on any atom is -0.473 e. The number of pyridine rings is 1. The van der Waals surface area contributed by atoms with Crippen molar-refractivity contribution in [3.05, 3.63) is 81.8 Å². The second-order valence-electron chi connectivity index (χ2n) is 10.1. The van der Waals surface area contributed by atoms with Crippen molar-refractivity contribution in [2.24, 2.45) is 5.92 Å². The molecule has 6 heteroatoms. The Kier molecular flexibility index (Phi) is 7.60. The summed E-state index contributed by atoms with van der Waals surface area (Å²) in [5.41, 5.74) is 8.55. The summed E-state index contributed by atoms with van der Waals surface area (Å²) in [6, 6.07) is 11.5. The molecule has 0 bridgehead atoms. The minimum atomic E-state index is -2.92. The molecule has 1 aliphatic carbocycles. The van der Waals surface area contributed by atoms with Gasteiger partial charge in [-0.25, -0.2) is 17.8 Å². The lowest BCUT2D eigenvalue weighted by atomic mass is 9.91. The number of sulfone groups is 1. The molecule has 1 unspecified atom stereocenters. The van der Waals surface area contributed by atoms with Crippen LogP contribution in [-0.4, -0.2) is 25.4 Å². The van der Waals surface area contributed by atoms with E-state index >= 15 is 0 Å². The van der Waals surface area contributed by atoms with Crippen molar-refractivity contribution in [1.82, 2.24) is 4.98 Å². The number of benzene rings is 2. The van der Waals surface area contributed by atoms with E-state index in [1.807, 2.05) is 24.4 Å². The first-order valence-corrected chi connectivity index (χ1v) is 14.3. The average Bonchev–Trinajstić information content (AvgIpc) is 3.15. The van der Waals surface area contributed by atoms with Crippen LogP contribution in [0.3, 0.4) is 0 Å². The van der Waals surface area contributed by atoms with E-state index in [1.54, 1.807) is 0 Å². The Morgan fingerprint density at radius 2 is 1.74 bits per heavy atom. The average molecular weight is 496 g/mol. The number of halogens is 1. The topological polar surface area (TPSA) is 56.3 Å². The van der Waals surface area contributed by atoms with Crippen LogP contribution in [0.2, 0.25) is 0 Å². The van der Waals surface area contributed by atoms with Crippen LogP contribution >= 0.6 is 0 Å². The quantitative estimate of drug-likeness (QED) is 0.332. The van der Waals surface area contributed by atoms with Crippen LogP contribution in [0.25, 0.3) is 11.1 Å². The highest BCUT2D eigenvalue weighted by molar-refractivity contribution is 7.90. The zero-order chi connectivity index (χ0) is 25.2. The zero-order valence-electron chi connectivity index (χ0n) is 21.0. The third kappa shape index (κ3) is 6.49. The van der Waals surface area contributed by atoms with Gasteiger partial charge in [-0.1, -0.05) is 25.1 Å². The molecule has 0 saturated carbocycles. The van der Waals surface area contributed by atoms with Crippen molar-refractivity contribution in [2.45, 2.75) is 59.5 Å². The second-order valence-corrected chi connectivity index (χ2v) is 12.4. The van der Waals surface area contributed by atoms with Crippen LogP contribution in [0.4, 0.5) is 4.39 Å². The number of hydrogen-bond acceptors (Lipinski definition) is 4. The van der Waals surface area contributed by atoms with Gasteiger partial charge in [0.15, 0.2) is 0 Å². The van der Waals surface area contributed by atoms with Gasteiger partial charge in [0, 0.05) is 29.8 Å². The number of nitrogens with zero attached hydrogens (tertiary/aromatic N) is 1. The van der Waals surface area contributed by atoms with E-state index in [2.05, 4.69) is 37.9 Å². The molecule has 186 valence electrons.